The molecular formula is C12H12BrFN2S. The van der Waals surface area contributed by atoms with E-state index in [9.17, 15) is 4.39 Å². The molecule has 0 aliphatic heterocycles. The summed E-state index contributed by atoms with van der Waals surface area (Å²) in [6.07, 6.45) is 0. The second-order valence-corrected chi connectivity index (χ2v) is 6.15. The zero-order valence-corrected chi connectivity index (χ0v) is 11.7. The molecule has 17 heavy (non-hydrogen) atoms. The molecule has 2 N–H and O–H groups in total. The van der Waals surface area contributed by atoms with Gasteiger partial charge in [-0.2, -0.15) is 0 Å². The second-order valence-electron chi connectivity index (χ2n) is 3.86. The quantitative estimate of drug-likeness (QED) is 0.871. The molecule has 0 saturated heterocycles. The maximum Gasteiger partial charge on any atom is 0.127 e. The standard InChI is InChI=1S/C12H12BrFN2S/c1-16(6-8-2-12(13)17-7-8)11-4-9(14)3-10(15)5-11/h2-5,7H,6,15H2,1H3. The number of nitrogens with two attached hydrogens (primary N) is 1. The van der Waals surface area contributed by atoms with Crippen LogP contribution >= 0.6 is 27.3 Å². The van der Waals surface area contributed by atoms with Crippen molar-refractivity contribution in [2.24, 2.45) is 0 Å². The van der Waals surface area contributed by atoms with E-state index in [0.717, 1.165) is 16.0 Å². The summed E-state index contributed by atoms with van der Waals surface area (Å²) in [6.45, 7) is 0.727. The van der Waals surface area contributed by atoms with Crippen molar-refractivity contribution >= 4 is 38.6 Å². The van der Waals surface area contributed by atoms with Crippen LogP contribution in [0.1, 0.15) is 5.56 Å². The number of halogens is 2. The van der Waals surface area contributed by atoms with E-state index in [2.05, 4.69) is 27.4 Å². The lowest BCUT2D eigenvalue weighted by Crippen LogP contribution is -2.16. The molecule has 5 heteroatoms. The molecule has 0 atom stereocenters. The lowest BCUT2D eigenvalue weighted by atomic mass is 10.2. The van der Waals surface area contributed by atoms with Crippen molar-refractivity contribution in [2.75, 3.05) is 17.7 Å². The van der Waals surface area contributed by atoms with Crippen LogP contribution in [0.5, 0.6) is 0 Å². The summed E-state index contributed by atoms with van der Waals surface area (Å²) >= 11 is 5.06. The Morgan fingerprint density at radius 2 is 2.12 bits per heavy atom. The predicted octanol–water partition coefficient (Wildman–Crippen LogP) is 3.87. The molecule has 2 aromatic rings. The zero-order chi connectivity index (χ0) is 12.4. The van der Waals surface area contributed by atoms with Crippen molar-refractivity contribution in [2.45, 2.75) is 6.54 Å². The fourth-order valence-electron chi connectivity index (χ4n) is 1.61. The number of nitrogens with zero attached hydrogens (tertiary/aromatic N) is 1. The van der Waals surface area contributed by atoms with Crippen molar-refractivity contribution in [3.8, 4) is 0 Å². The molecule has 90 valence electrons. The summed E-state index contributed by atoms with van der Waals surface area (Å²) in [5.74, 6) is -0.307. The third-order valence-electron chi connectivity index (χ3n) is 2.39. The van der Waals surface area contributed by atoms with Gasteiger partial charge in [-0.1, -0.05) is 0 Å². The van der Waals surface area contributed by atoms with Gasteiger partial charge >= 0.3 is 0 Å². The molecule has 0 aliphatic carbocycles. The van der Waals surface area contributed by atoms with Crippen molar-refractivity contribution in [1.29, 1.82) is 0 Å². The van der Waals surface area contributed by atoms with Gasteiger partial charge in [0.25, 0.3) is 0 Å². The highest BCUT2D eigenvalue weighted by Gasteiger charge is 2.06. The average Bonchev–Trinajstić information content (AvgIpc) is 2.62. The summed E-state index contributed by atoms with van der Waals surface area (Å²) in [7, 11) is 1.92. The molecule has 0 fully saturated rings. The van der Waals surface area contributed by atoms with E-state index in [1.807, 2.05) is 11.9 Å². The minimum atomic E-state index is -0.307. The van der Waals surface area contributed by atoms with Crippen LogP contribution in [0.2, 0.25) is 0 Å². The monoisotopic (exact) mass is 314 g/mol. The second kappa shape index (κ2) is 5.06. The van der Waals surface area contributed by atoms with Crippen LogP contribution in [0.4, 0.5) is 15.8 Å². The van der Waals surface area contributed by atoms with Gasteiger partial charge in [0, 0.05) is 25.0 Å². The Morgan fingerprint density at radius 1 is 1.35 bits per heavy atom. The van der Waals surface area contributed by atoms with Crippen LogP contribution < -0.4 is 10.6 Å². The maximum absolute atomic E-state index is 13.2. The SMILES string of the molecule is CN(Cc1csc(Br)c1)c1cc(N)cc(F)c1. The van der Waals surface area contributed by atoms with Crippen LogP contribution in [0.15, 0.2) is 33.4 Å². The van der Waals surface area contributed by atoms with Gasteiger partial charge in [0.15, 0.2) is 0 Å². The van der Waals surface area contributed by atoms with E-state index >= 15 is 0 Å². The molecule has 0 unspecified atom stereocenters. The largest absolute Gasteiger partial charge is 0.399 e. The van der Waals surface area contributed by atoms with Gasteiger partial charge in [0.2, 0.25) is 0 Å². The third-order valence-corrected chi connectivity index (χ3v) is 3.94. The zero-order valence-electron chi connectivity index (χ0n) is 9.28. The van der Waals surface area contributed by atoms with Crippen LogP contribution in [0.3, 0.4) is 0 Å². The van der Waals surface area contributed by atoms with Crippen molar-refractivity contribution in [3.63, 3.8) is 0 Å². The first-order chi connectivity index (χ1) is 8.04. The molecule has 1 heterocycles. The summed E-state index contributed by atoms with van der Waals surface area (Å²) in [6, 6.07) is 6.63. The molecule has 2 nitrogen and oxygen atoms in total. The normalized spacial score (nSPS) is 10.5. The number of hydrogen-bond donors (Lipinski definition) is 1. The van der Waals surface area contributed by atoms with Crippen LogP contribution in [-0.4, -0.2) is 7.05 Å². The molecule has 1 aromatic heterocycles. The molecule has 0 spiro atoms. The van der Waals surface area contributed by atoms with Gasteiger partial charge in [-0.05, 0) is 51.1 Å². The first-order valence-electron chi connectivity index (χ1n) is 5.05. The van der Waals surface area contributed by atoms with Crippen LogP contribution in [0.25, 0.3) is 0 Å². The van der Waals surface area contributed by atoms with Crippen LogP contribution in [0, 0.1) is 5.82 Å². The third kappa shape index (κ3) is 3.20. The van der Waals surface area contributed by atoms with Crippen LogP contribution in [-0.2, 0) is 6.54 Å². The van der Waals surface area contributed by atoms with E-state index in [1.165, 1.54) is 17.7 Å². The number of benzene rings is 1. The number of anilines is 2. The molecule has 0 bridgehead atoms. The predicted molar refractivity (Wildman–Crippen MR) is 74.9 cm³/mol. The summed E-state index contributed by atoms with van der Waals surface area (Å²) in [4.78, 5) is 1.97. The fraction of sp³-hybridized carbons (Fsp3) is 0.167. The van der Waals surface area contributed by atoms with Gasteiger partial charge in [-0.25, -0.2) is 4.39 Å². The van der Waals surface area contributed by atoms with Gasteiger partial charge in [0.05, 0.1) is 3.79 Å². The Hall–Kier alpha value is -1.07. The van der Waals surface area contributed by atoms with E-state index < -0.39 is 0 Å². The Morgan fingerprint density at radius 3 is 2.71 bits per heavy atom. The van der Waals surface area contributed by atoms with Gasteiger partial charge < -0.3 is 10.6 Å². The lowest BCUT2D eigenvalue weighted by Gasteiger charge is -2.19. The van der Waals surface area contributed by atoms with E-state index in [0.29, 0.717) is 5.69 Å². The minimum Gasteiger partial charge on any atom is -0.399 e. The summed E-state index contributed by atoms with van der Waals surface area (Å²) in [5.41, 5.74) is 8.04. The summed E-state index contributed by atoms with van der Waals surface area (Å²) < 4.78 is 14.3. The number of hydrogen-bond acceptors (Lipinski definition) is 3. The molecule has 2 rings (SSSR count). The van der Waals surface area contributed by atoms with E-state index in [1.54, 1.807) is 17.4 Å². The number of nitrogen functional groups attached to an aromatic ring is 1. The van der Waals surface area contributed by atoms with Gasteiger partial charge in [-0.15, -0.1) is 11.3 Å². The average molecular weight is 315 g/mol. The van der Waals surface area contributed by atoms with Gasteiger partial charge in [-0.3, -0.25) is 0 Å². The van der Waals surface area contributed by atoms with E-state index in [-0.39, 0.29) is 5.82 Å². The maximum atomic E-state index is 13.2. The highest BCUT2D eigenvalue weighted by molar-refractivity contribution is 9.11. The molecule has 1 aromatic carbocycles. The van der Waals surface area contributed by atoms with Crippen molar-refractivity contribution < 1.29 is 4.39 Å². The van der Waals surface area contributed by atoms with Crippen molar-refractivity contribution in [1.82, 2.24) is 0 Å². The van der Waals surface area contributed by atoms with Crippen molar-refractivity contribution in [3.05, 3.63) is 44.8 Å². The highest BCUT2D eigenvalue weighted by Crippen LogP contribution is 2.24. The Bertz CT molecular complexity index is 507. The topological polar surface area (TPSA) is 29.3 Å². The lowest BCUT2D eigenvalue weighted by molar-refractivity contribution is 0.628. The fourth-order valence-corrected chi connectivity index (χ4v) is 2.81. The number of thiophene rings is 1. The Balaban J connectivity index is 2.16. The Kier molecular flexibility index (Phi) is 3.69. The van der Waals surface area contributed by atoms with Gasteiger partial charge in [0.1, 0.15) is 5.82 Å². The van der Waals surface area contributed by atoms with E-state index in [4.69, 9.17) is 5.73 Å². The molecule has 0 amide bonds. The highest BCUT2D eigenvalue weighted by atomic mass is 79.9. The molecule has 0 saturated carbocycles. The Labute approximate surface area is 112 Å². The summed E-state index contributed by atoms with van der Waals surface area (Å²) in [5, 5.41) is 2.07. The first kappa shape index (κ1) is 12.4. The smallest absolute Gasteiger partial charge is 0.127 e. The molecule has 0 radical (unpaired) electrons. The molecular weight excluding hydrogens is 303 g/mol. The first-order valence-corrected chi connectivity index (χ1v) is 6.72. The molecule has 0 aliphatic rings. The number of rotatable bonds is 3. The minimum absolute atomic E-state index is 0.307.